The van der Waals surface area contributed by atoms with Gasteiger partial charge in [0.1, 0.15) is 0 Å². The van der Waals surface area contributed by atoms with Gasteiger partial charge in [0.2, 0.25) is 11.5 Å². The van der Waals surface area contributed by atoms with E-state index in [1.807, 2.05) is 108 Å². The van der Waals surface area contributed by atoms with Crippen LogP contribution in [0.2, 0.25) is 0 Å². The van der Waals surface area contributed by atoms with Gasteiger partial charge >= 0.3 is 0 Å². The number of imide groups is 2. The number of carbonyl (C=O) groups excluding carboxylic acids is 4. The average Bonchev–Trinajstić information content (AvgIpc) is 0.809. The lowest BCUT2D eigenvalue weighted by Crippen LogP contribution is -2.40. The molecule has 16 heteroatoms. The Bertz CT molecular complexity index is 5880. The van der Waals surface area contributed by atoms with Gasteiger partial charge in [-0.25, -0.2) is 9.80 Å². The number of amides is 4. The van der Waals surface area contributed by atoms with Gasteiger partial charge in [-0.2, -0.15) is 0 Å². The number of ether oxygens (including phenoxy) is 6. The number of hydrogen-bond donors (Lipinski definition) is 0. The van der Waals surface area contributed by atoms with E-state index in [-0.39, 0.29) is 0 Å². The summed E-state index contributed by atoms with van der Waals surface area (Å²) >= 11 is 7.13. The van der Waals surface area contributed by atoms with E-state index in [1.54, 1.807) is 22.7 Å². The van der Waals surface area contributed by atoms with Crippen molar-refractivity contribution < 1.29 is 47.6 Å². The van der Waals surface area contributed by atoms with E-state index in [0.717, 1.165) is 147 Å². The largest absolute Gasteiger partial charge is 0.490 e. The third-order valence-corrected chi connectivity index (χ3v) is 35.2. The van der Waals surface area contributed by atoms with Crippen LogP contribution < -0.4 is 38.2 Å². The van der Waals surface area contributed by atoms with Crippen molar-refractivity contribution >= 4 is 123 Å². The molecule has 0 radical (unpaired) electrons. The second kappa shape index (κ2) is 63.7. The molecule has 14 rings (SSSR count). The van der Waals surface area contributed by atoms with Gasteiger partial charge in [-0.05, 0) is 186 Å². The van der Waals surface area contributed by atoms with Gasteiger partial charge in [0, 0.05) is 84.9 Å². The van der Waals surface area contributed by atoms with Crippen molar-refractivity contribution in [3.8, 4) is 86.0 Å². The highest BCUT2D eigenvalue weighted by Crippen LogP contribution is 2.52. The zero-order chi connectivity index (χ0) is 103. The first kappa shape index (κ1) is 114. The normalized spacial score (nSPS) is 12.5. The van der Waals surface area contributed by atoms with Crippen molar-refractivity contribution in [3.63, 3.8) is 0 Å². The fourth-order valence-electron chi connectivity index (χ4n) is 21.7. The zero-order valence-electron chi connectivity index (χ0n) is 91.1. The number of anilines is 2. The predicted octanol–water partition coefficient (Wildman–Crippen LogP) is 41.5. The van der Waals surface area contributed by atoms with E-state index in [0.29, 0.717) is 101 Å². The maximum atomic E-state index is 15.6. The molecular weight excluding hydrogens is 1900 g/mol. The molecule has 0 fully saturated rings. The maximum Gasteiger partial charge on any atom is 0.265 e. The summed E-state index contributed by atoms with van der Waals surface area (Å²) in [6.07, 6.45) is 74.5. The zero-order valence-corrected chi connectivity index (χ0v) is 94.4. The van der Waals surface area contributed by atoms with Crippen LogP contribution in [0.1, 0.15) is 479 Å². The first-order chi connectivity index (χ1) is 73.0. The number of rotatable bonds is 78. The SMILES string of the molecule is CCCCCCCCCCCCOc1cc(-c2ccc(-c3ccc(-c4ccc(-c5ccc(C#Cc6ccc(N7C(=O)c8ccc9c%10ccc%11c%12c(ccc(c%13ccc(c8c9%13)C7=O)c%12%10)C(=O)N(c7cc(OCCCCCCCCCCCC)c(OCCCCCCCCCCCC)c(OCCCCCCCCCCCC)c7)C%11=O)cc6)s5)s4)s3)s2)cc(OCCCCCCCCCCCC)c1OCCCCCCCCCCCC. The second-order valence-electron chi connectivity index (χ2n) is 42.2. The molecular formula is C132H174N2O10S4. The van der Waals surface area contributed by atoms with Gasteiger partial charge in [0.15, 0.2) is 23.0 Å². The summed E-state index contributed by atoms with van der Waals surface area (Å²) in [5.74, 6) is 8.96. The summed E-state index contributed by atoms with van der Waals surface area (Å²) in [4.78, 5) is 73.4. The lowest BCUT2D eigenvalue weighted by molar-refractivity contribution is 0.0877. The number of nitrogens with zero attached hydrogens (tertiary/aromatic N) is 2. The smallest absolute Gasteiger partial charge is 0.265 e. The summed E-state index contributed by atoms with van der Waals surface area (Å²) in [5.41, 5.74) is 4.33. The minimum atomic E-state index is -0.440. The molecule has 6 heterocycles. The third kappa shape index (κ3) is 33.0. The Labute approximate surface area is 904 Å². The predicted molar refractivity (Wildman–Crippen MR) is 633 cm³/mol. The van der Waals surface area contributed by atoms with Crippen LogP contribution in [0.5, 0.6) is 34.5 Å². The van der Waals surface area contributed by atoms with E-state index >= 15 is 19.2 Å². The van der Waals surface area contributed by atoms with Gasteiger partial charge in [0.05, 0.1) is 55.9 Å². The molecule has 4 amide bonds. The first-order valence-corrected chi connectivity index (χ1v) is 62.4. The van der Waals surface area contributed by atoms with Crippen molar-refractivity contribution in [1.29, 1.82) is 0 Å². The molecule has 0 saturated carbocycles. The van der Waals surface area contributed by atoms with Gasteiger partial charge in [-0.15, -0.1) is 45.3 Å². The van der Waals surface area contributed by atoms with Crippen LogP contribution in [0.4, 0.5) is 11.4 Å². The van der Waals surface area contributed by atoms with Crippen LogP contribution in [-0.2, 0) is 0 Å². The molecule has 12 nitrogen and oxygen atoms in total. The van der Waals surface area contributed by atoms with Crippen molar-refractivity contribution in [3.05, 3.63) is 178 Å². The third-order valence-electron chi connectivity index (χ3n) is 30.3. The lowest BCUT2D eigenvalue weighted by atomic mass is 9.82. The lowest BCUT2D eigenvalue weighted by Gasteiger charge is -2.30. The summed E-state index contributed by atoms with van der Waals surface area (Å²) in [7, 11) is 0. The number of fused-ring (bicyclic) bond motifs is 2. The number of benzene rings is 8. The van der Waals surface area contributed by atoms with E-state index in [4.69, 9.17) is 28.4 Å². The Morgan fingerprint density at radius 1 is 0.209 bits per heavy atom. The van der Waals surface area contributed by atoms with Crippen LogP contribution in [0, 0.1) is 11.8 Å². The van der Waals surface area contributed by atoms with Gasteiger partial charge in [0.25, 0.3) is 23.6 Å². The Hall–Kier alpha value is -9.50. The molecule has 12 aromatic rings. The molecule has 2 aliphatic rings. The van der Waals surface area contributed by atoms with Crippen molar-refractivity contribution in [2.75, 3.05) is 49.4 Å². The molecule has 0 N–H and O–H groups in total. The van der Waals surface area contributed by atoms with Crippen molar-refractivity contribution in [1.82, 2.24) is 0 Å². The highest BCUT2D eigenvalue weighted by atomic mass is 32.1. The molecule has 2 aliphatic heterocycles. The van der Waals surface area contributed by atoms with Crippen LogP contribution in [0.25, 0.3) is 82.8 Å². The number of hydrogen-bond acceptors (Lipinski definition) is 14. The Balaban J connectivity index is 0.639. The molecule has 0 spiro atoms. The molecule has 796 valence electrons. The molecule has 0 bridgehead atoms. The summed E-state index contributed by atoms with van der Waals surface area (Å²) < 4.78 is 41.0. The van der Waals surface area contributed by atoms with E-state index in [2.05, 4.69) is 114 Å². The Morgan fingerprint density at radius 3 is 0.723 bits per heavy atom. The van der Waals surface area contributed by atoms with Crippen molar-refractivity contribution in [2.24, 2.45) is 0 Å². The Morgan fingerprint density at radius 2 is 0.439 bits per heavy atom. The van der Waals surface area contributed by atoms with E-state index in [1.165, 1.54) is 347 Å². The number of thiophene rings is 4. The van der Waals surface area contributed by atoms with Gasteiger partial charge in [-0.3, -0.25) is 19.2 Å². The minimum Gasteiger partial charge on any atom is -0.490 e. The molecule has 4 aromatic heterocycles. The first-order valence-electron chi connectivity index (χ1n) is 59.2. The van der Waals surface area contributed by atoms with Crippen LogP contribution in [-0.4, -0.2) is 63.3 Å². The quantitative estimate of drug-likeness (QED) is 0.0119. The van der Waals surface area contributed by atoms with Crippen molar-refractivity contribution in [2.45, 2.75) is 427 Å². The molecule has 8 aromatic carbocycles. The highest BCUT2D eigenvalue weighted by Gasteiger charge is 2.40. The van der Waals surface area contributed by atoms with Crippen LogP contribution in [0.3, 0.4) is 0 Å². The average molecular weight is 2080 g/mol. The standard InChI is InChI=1S/C132H174N2O10S4/c1-7-13-19-25-31-37-43-49-55-61-89-139-112-95-100(96-113(140-90-62-56-50-44-38-32-26-20-14-8-2)127(112)143-93-65-59-53-47-41-35-29-23-17-11-5)116-83-84-119(146-116)120-87-88-122(148-120)121-86-85-118(147-121)117-82-73-103(145-117)72-69-99-67-70-101(71-68-99)133-129(135)108-78-74-104-106-76-80-110-126-111(81-77-107(124(106)126)105-75-79-109(130(133)136)125(108)123(104)105)132(138)134(131(110)137)102-97-114(141-91-63-57-51-45-39-33-27-21-15-9-3)128(144-94-66-60-54-48-42-36-30-24-18-12-6)115(98-102)142-92-64-58-52-46-40-34-28-22-16-10-4/h67-68,70-71,73-88,95-98H,7-66,89-94H2,1-6H3. The summed E-state index contributed by atoms with van der Waals surface area (Å²) in [5, 5.41) is 6.04. The van der Waals surface area contributed by atoms with E-state index in [9.17, 15) is 0 Å². The second-order valence-corrected chi connectivity index (χ2v) is 46.6. The number of carbonyl (C=O) groups is 4. The fourth-order valence-corrected chi connectivity index (χ4v) is 25.8. The molecule has 148 heavy (non-hydrogen) atoms. The van der Waals surface area contributed by atoms with Gasteiger partial charge < -0.3 is 28.4 Å². The van der Waals surface area contributed by atoms with E-state index < -0.39 is 23.6 Å². The van der Waals surface area contributed by atoms with Crippen LogP contribution in [0.15, 0.2) is 146 Å². The minimum absolute atomic E-state index is 0.373. The molecule has 0 aliphatic carbocycles. The monoisotopic (exact) mass is 2080 g/mol. The van der Waals surface area contributed by atoms with Crippen LogP contribution >= 0.6 is 45.3 Å². The topological polar surface area (TPSA) is 130 Å². The fraction of sp³-hybridized carbons (Fsp3) is 0.545. The summed E-state index contributed by atoms with van der Waals surface area (Å²) in [6.45, 7) is 17.1. The Kier molecular flexibility index (Phi) is 49.1. The molecule has 0 atom stereocenters. The summed E-state index contributed by atoms with van der Waals surface area (Å²) in [6, 6.07) is 48.5. The molecule has 0 saturated heterocycles. The molecule has 0 unspecified atom stereocenters. The number of unbranched alkanes of at least 4 members (excludes halogenated alkanes) is 54. The van der Waals surface area contributed by atoms with Gasteiger partial charge in [-0.1, -0.05) is 424 Å². The maximum absolute atomic E-state index is 15.6. The highest BCUT2D eigenvalue weighted by molar-refractivity contribution is 7.29.